The van der Waals surface area contributed by atoms with Crippen molar-refractivity contribution in [1.29, 1.82) is 0 Å². The first-order valence-corrected chi connectivity index (χ1v) is 20.1. The summed E-state index contributed by atoms with van der Waals surface area (Å²) in [5, 5.41) is 17.5. The van der Waals surface area contributed by atoms with E-state index in [1.807, 2.05) is 34.9 Å². The third-order valence-corrected chi connectivity index (χ3v) is 11.8. The molecule has 0 radical (unpaired) electrons. The van der Waals surface area contributed by atoms with Crippen LogP contribution >= 0.6 is 46.3 Å². The zero-order valence-corrected chi connectivity index (χ0v) is 31.5. The molecule has 0 saturated carbocycles. The van der Waals surface area contributed by atoms with E-state index >= 15 is 0 Å². The Labute approximate surface area is 314 Å². The van der Waals surface area contributed by atoms with Crippen LogP contribution < -0.4 is 24.8 Å². The normalized spacial score (nSPS) is 14.1. The fourth-order valence-corrected chi connectivity index (χ4v) is 8.78. The van der Waals surface area contributed by atoms with Crippen LogP contribution in [0.2, 0.25) is 10.0 Å². The van der Waals surface area contributed by atoms with Gasteiger partial charge in [0.15, 0.2) is 6.54 Å². The molecule has 0 aliphatic carbocycles. The number of halogens is 2. The maximum Gasteiger partial charge on any atom is 0.265 e. The van der Waals surface area contributed by atoms with Crippen molar-refractivity contribution in [2.24, 2.45) is 0 Å². The smallest absolute Gasteiger partial charge is 0.265 e. The topological polar surface area (TPSA) is 154 Å². The molecule has 16 heteroatoms. The number of nitrogens with one attached hydrogen (secondary N) is 1. The number of thiazole rings is 1. The fourth-order valence-electron chi connectivity index (χ4n) is 5.68. The number of carboxylic acid groups (broad SMARTS) is 1. The van der Waals surface area contributed by atoms with Crippen LogP contribution in [-0.2, 0) is 26.3 Å². The van der Waals surface area contributed by atoms with Crippen LogP contribution in [0.5, 0.6) is 0 Å². The van der Waals surface area contributed by atoms with Crippen LogP contribution in [0.4, 0.5) is 11.4 Å². The van der Waals surface area contributed by atoms with Crippen molar-refractivity contribution in [2.75, 3.05) is 35.2 Å². The number of anilines is 2. The number of carboxylic acids is 1. The van der Waals surface area contributed by atoms with Gasteiger partial charge in [-0.25, -0.2) is 8.42 Å². The molecule has 1 amide bonds. The average Bonchev–Trinajstić information content (AvgIpc) is 3.60. The fraction of sp³-hybridized carbons (Fsp3) is 0.314. The largest absolute Gasteiger partial charge is 0.748 e. The van der Waals surface area contributed by atoms with Gasteiger partial charge in [-0.15, -0.1) is 0 Å². The molecule has 1 atom stereocenters. The number of fused-ring (bicyclic) bond motifs is 2. The lowest BCUT2D eigenvalue weighted by atomic mass is 10.1. The van der Waals surface area contributed by atoms with Gasteiger partial charge in [0, 0.05) is 70.5 Å². The summed E-state index contributed by atoms with van der Waals surface area (Å²) in [5.41, 5.74) is 2.83. The Hall–Kier alpha value is -3.66. The summed E-state index contributed by atoms with van der Waals surface area (Å²) in [6.07, 6.45) is 4.38. The predicted octanol–water partition coefficient (Wildman–Crippen LogP) is 5.09. The summed E-state index contributed by atoms with van der Waals surface area (Å²) in [5.74, 6) is -1.96. The van der Waals surface area contributed by atoms with Crippen LogP contribution in [0.1, 0.15) is 48.0 Å². The van der Waals surface area contributed by atoms with E-state index in [1.165, 1.54) is 18.3 Å². The molecule has 0 saturated heterocycles. The standard InChI is InChI=1S/C35H36Cl2N4O7S3/c1-23(35(44)45)39(27-9-5-24(22-42)6-10-27)17-13-32(43)38-14-2-3-15-40-28-19-25(36)7-11-30(28)49-33(40)21-34-41(16-4-18-51(46,47)48)29-20-26(37)8-12-31(29)50-34/h5-12,19-23H,2-4,13-18H2,1H3,(H2-,38,43,44,45,46,47,48)/p-1. The van der Waals surface area contributed by atoms with E-state index in [4.69, 9.17) is 23.2 Å². The molecule has 1 unspecified atom stereocenters. The van der Waals surface area contributed by atoms with Gasteiger partial charge in [-0.05, 0) is 74.4 Å². The van der Waals surface area contributed by atoms with Crippen molar-refractivity contribution in [3.05, 3.63) is 86.3 Å². The van der Waals surface area contributed by atoms with Crippen molar-refractivity contribution in [1.82, 2.24) is 5.32 Å². The van der Waals surface area contributed by atoms with Gasteiger partial charge in [-0.2, -0.15) is 4.57 Å². The molecule has 11 nitrogen and oxygen atoms in total. The Morgan fingerprint density at radius 1 is 1.04 bits per heavy atom. The highest BCUT2D eigenvalue weighted by molar-refractivity contribution is 8.03. The van der Waals surface area contributed by atoms with E-state index in [-0.39, 0.29) is 25.3 Å². The number of carbonyl (C=O) groups excluding carboxylic acids is 3. The molecule has 1 aliphatic rings. The van der Waals surface area contributed by atoms with Crippen LogP contribution in [-0.4, -0.2) is 62.6 Å². The molecule has 51 heavy (non-hydrogen) atoms. The zero-order valence-electron chi connectivity index (χ0n) is 27.5. The zero-order chi connectivity index (χ0) is 36.7. The van der Waals surface area contributed by atoms with E-state index in [0.717, 1.165) is 37.3 Å². The van der Waals surface area contributed by atoms with Gasteiger partial charge in [0.2, 0.25) is 11.4 Å². The molecule has 0 spiro atoms. The van der Waals surface area contributed by atoms with E-state index in [0.29, 0.717) is 53.6 Å². The minimum Gasteiger partial charge on any atom is -0.748 e. The quantitative estimate of drug-likeness (QED) is 0.0663. The number of hydrogen-bond donors (Lipinski definition) is 1. The summed E-state index contributed by atoms with van der Waals surface area (Å²) in [6.45, 7) is 3.00. The number of thioether (sulfide) groups is 1. The number of carbonyl (C=O) groups is 3. The third kappa shape index (κ3) is 10.2. The molecule has 0 fully saturated rings. The van der Waals surface area contributed by atoms with Crippen LogP contribution in [0.3, 0.4) is 0 Å². The highest BCUT2D eigenvalue weighted by atomic mass is 35.5. The Bertz CT molecular complexity index is 2060. The lowest BCUT2D eigenvalue weighted by Crippen LogP contribution is -2.47. The van der Waals surface area contributed by atoms with Gasteiger partial charge in [0.05, 0.1) is 38.9 Å². The van der Waals surface area contributed by atoms with E-state index in [9.17, 15) is 32.5 Å². The average molecular weight is 791 g/mol. The minimum absolute atomic E-state index is 0.0652. The van der Waals surface area contributed by atoms with Crippen molar-refractivity contribution < 1.29 is 37.0 Å². The van der Waals surface area contributed by atoms with E-state index in [1.54, 1.807) is 47.0 Å². The lowest BCUT2D eigenvalue weighted by molar-refractivity contribution is -0.668. The van der Waals surface area contributed by atoms with Gasteiger partial charge >= 0.3 is 0 Å². The number of aliphatic carboxylic acids is 1. The summed E-state index contributed by atoms with van der Waals surface area (Å²) in [7, 11) is -4.36. The molecule has 5 rings (SSSR count). The second-order valence-electron chi connectivity index (χ2n) is 11.9. The lowest BCUT2D eigenvalue weighted by Gasteiger charge is -2.32. The first kappa shape index (κ1) is 38.6. The maximum atomic E-state index is 12.8. The van der Waals surface area contributed by atoms with Crippen LogP contribution in [0.15, 0.2) is 70.6 Å². The summed E-state index contributed by atoms with van der Waals surface area (Å²) < 4.78 is 36.9. The summed E-state index contributed by atoms with van der Waals surface area (Å²) >= 11 is 15.8. The van der Waals surface area contributed by atoms with Crippen molar-refractivity contribution in [3.63, 3.8) is 0 Å². The Balaban J connectivity index is 1.24. The van der Waals surface area contributed by atoms with Crippen molar-refractivity contribution >= 4 is 102 Å². The Kier molecular flexibility index (Phi) is 13.0. The van der Waals surface area contributed by atoms with E-state index in [2.05, 4.69) is 16.3 Å². The van der Waals surface area contributed by atoms with Crippen molar-refractivity contribution in [2.45, 2.75) is 50.1 Å². The number of nitrogens with zero attached hydrogens (tertiary/aromatic N) is 3. The molecule has 0 bridgehead atoms. The number of aldehydes is 1. The number of rotatable bonds is 17. The van der Waals surface area contributed by atoms with Crippen LogP contribution in [0.25, 0.3) is 16.3 Å². The number of aromatic nitrogens is 1. The minimum atomic E-state index is -4.36. The molecule has 1 N–H and O–H groups in total. The first-order chi connectivity index (χ1) is 24.3. The van der Waals surface area contributed by atoms with Gasteiger partial charge in [-0.3, -0.25) is 9.59 Å². The second kappa shape index (κ2) is 17.2. The third-order valence-electron chi connectivity index (χ3n) is 8.29. The molecule has 3 aromatic carbocycles. The van der Waals surface area contributed by atoms with Gasteiger partial charge in [0.1, 0.15) is 11.0 Å². The first-order valence-electron chi connectivity index (χ1n) is 16.1. The number of hydrogen-bond acceptors (Lipinski definition) is 11. The van der Waals surface area contributed by atoms with Gasteiger partial charge < -0.3 is 29.6 Å². The van der Waals surface area contributed by atoms with Gasteiger partial charge in [-0.1, -0.05) is 46.3 Å². The summed E-state index contributed by atoms with van der Waals surface area (Å²) in [6, 6.07) is 16.7. The number of unbranched alkanes of at least 4 members (excludes halogenated alkanes) is 1. The highest BCUT2D eigenvalue weighted by Gasteiger charge is 2.28. The predicted molar refractivity (Wildman–Crippen MR) is 199 cm³/mol. The Morgan fingerprint density at radius 2 is 1.76 bits per heavy atom. The summed E-state index contributed by atoms with van der Waals surface area (Å²) in [4.78, 5) is 40.2. The molecular formula is C35H35Cl2N4O7S3-. The Morgan fingerprint density at radius 3 is 2.47 bits per heavy atom. The molecule has 1 aliphatic heterocycles. The molecule has 4 aromatic rings. The van der Waals surface area contributed by atoms with Crippen LogP contribution in [0, 0.1) is 0 Å². The molecule has 270 valence electrons. The highest BCUT2D eigenvalue weighted by Crippen LogP contribution is 2.48. The molecular weight excluding hydrogens is 756 g/mol. The maximum absolute atomic E-state index is 12.8. The van der Waals surface area contributed by atoms with Gasteiger partial charge in [0.25, 0.3) is 5.01 Å². The van der Waals surface area contributed by atoms with E-state index < -0.39 is 27.9 Å². The number of benzene rings is 3. The monoisotopic (exact) mass is 789 g/mol. The number of aryl methyl sites for hydroxylation is 1. The van der Waals surface area contributed by atoms with Crippen molar-refractivity contribution in [3.8, 4) is 0 Å². The number of amides is 1. The SMILES string of the molecule is CC(C(=O)[O-])N(CCC(=O)NCCCCN1/C(=C/c2sc3ccc(Cl)cc3[n+]2CCCS(=O)(=O)[O-])Sc2ccc(Cl)cc21)c1ccc(C=O)cc1. The molecule has 1 aromatic heterocycles. The molecule has 2 heterocycles. The second-order valence-corrected chi connectivity index (χ2v) is 16.4.